The topological polar surface area (TPSA) is 24.4 Å². The molecular formula is C8H14N2. The lowest BCUT2D eigenvalue weighted by Crippen LogP contribution is -2.14. The highest BCUT2D eigenvalue weighted by Crippen LogP contribution is 1.92. The molecule has 2 nitrogen and oxygen atoms in total. The molecule has 0 aromatic carbocycles. The van der Waals surface area contributed by atoms with Crippen LogP contribution >= 0.6 is 0 Å². The maximum atomic E-state index is 3.64. The van der Waals surface area contributed by atoms with Gasteiger partial charge in [0.1, 0.15) is 0 Å². The summed E-state index contributed by atoms with van der Waals surface area (Å²) in [5.74, 6) is 0. The first kappa shape index (κ1) is 9.11. The summed E-state index contributed by atoms with van der Waals surface area (Å²) in [4.78, 5) is 3.64. The molecule has 2 heteroatoms. The van der Waals surface area contributed by atoms with E-state index in [1.165, 1.54) is 0 Å². The highest BCUT2D eigenvalue weighted by molar-refractivity contribution is 5.28. The molecule has 0 rings (SSSR count). The third-order valence-corrected chi connectivity index (χ3v) is 1.10. The van der Waals surface area contributed by atoms with Crippen LogP contribution in [0.5, 0.6) is 0 Å². The predicted molar refractivity (Wildman–Crippen MR) is 46.4 cm³/mol. The lowest BCUT2D eigenvalue weighted by Gasteiger charge is -1.99. The highest BCUT2D eigenvalue weighted by Gasteiger charge is 1.86. The van der Waals surface area contributed by atoms with Crippen molar-refractivity contribution in [3.05, 3.63) is 24.4 Å². The smallest absolute Gasteiger partial charge is 0.0305 e. The average Bonchev–Trinajstić information content (AvgIpc) is 1.98. The molecule has 0 saturated carbocycles. The van der Waals surface area contributed by atoms with Gasteiger partial charge in [0.2, 0.25) is 0 Å². The Morgan fingerprint density at radius 1 is 1.70 bits per heavy atom. The van der Waals surface area contributed by atoms with E-state index in [0.717, 1.165) is 18.7 Å². The Morgan fingerprint density at radius 3 is 2.80 bits per heavy atom. The zero-order valence-electron chi connectivity index (χ0n) is 6.43. The second kappa shape index (κ2) is 6.23. The number of hydrogen-bond donors (Lipinski definition) is 1. The van der Waals surface area contributed by atoms with Gasteiger partial charge in [-0.2, -0.15) is 0 Å². The Bertz CT molecular complexity index is 136. The maximum absolute atomic E-state index is 3.64. The third kappa shape index (κ3) is 4.04. The van der Waals surface area contributed by atoms with Gasteiger partial charge in [-0.3, -0.25) is 4.99 Å². The van der Waals surface area contributed by atoms with E-state index >= 15 is 0 Å². The van der Waals surface area contributed by atoms with Crippen LogP contribution in [0.3, 0.4) is 0 Å². The van der Waals surface area contributed by atoms with Gasteiger partial charge in [-0.25, -0.2) is 0 Å². The monoisotopic (exact) mass is 138 g/mol. The molecule has 0 amide bonds. The molecule has 0 atom stereocenters. The highest BCUT2D eigenvalue weighted by atomic mass is 14.8. The zero-order chi connectivity index (χ0) is 7.82. The van der Waals surface area contributed by atoms with E-state index in [9.17, 15) is 0 Å². The minimum atomic E-state index is 0.818. The van der Waals surface area contributed by atoms with Crippen molar-refractivity contribution in [2.75, 3.05) is 13.1 Å². The van der Waals surface area contributed by atoms with Crippen LogP contribution in [0.2, 0.25) is 0 Å². The number of aliphatic imine (C=N–C) groups is 1. The number of hydrogen-bond acceptors (Lipinski definition) is 2. The van der Waals surface area contributed by atoms with E-state index in [4.69, 9.17) is 0 Å². The Morgan fingerprint density at radius 2 is 2.40 bits per heavy atom. The number of rotatable bonds is 5. The van der Waals surface area contributed by atoms with E-state index < -0.39 is 0 Å². The second-order valence-corrected chi connectivity index (χ2v) is 1.87. The van der Waals surface area contributed by atoms with Crippen molar-refractivity contribution < 1.29 is 0 Å². The van der Waals surface area contributed by atoms with Crippen LogP contribution in [0.25, 0.3) is 0 Å². The molecule has 0 radical (unpaired) electrons. The fourth-order valence-corrected chi connectivity index (χ4v) is 0.557. The van der Waals surface area contributed by atoms with Crippen molar-refractivity contribution in [2.24, 2.45) is 4.99 Å². The molecule has 0 unspecified atom stereocenters. The number of nitrogens with one attached hydrogen (secondary N) is 1. The predicted octanol–water partition coefficient (Wildman–Crippen LogP) is 1.37. The molecular weight excluding hydrogens is 124 g/mol. The van der Waals surface area contributed by atoms with E-state index in [1.54, 1.807) is 12.3 Å². The molecule has 0 aliphatic heterocycles. The van der Waals surface area contributed by atoms with Crippen molar-refractivity contribution in [3.8, 4) is 0 Å². The summed E-state index contributed by atoms with van der Waals surface area (Å²) < 4.78 is 0. The van der Waals surface area contributed by atoms with Crippen molar-refractivity contribution in [1.29, 1.82) is 0 Å². The van der Waals surface area contributed by atoms with Gasteiger partial charge >= 0.3 is 0 Å². The van der Waals surface area contributed by atoms with Crippen LogP contribution in [0, 0.1) is 0 Å². The van der Waals surface area contributed by atoms with Gasteiger partial charge in [0.05, 0.1) is 0 Å². The van der Waals surface area contributed by atoms with Gasteiger partial charge in [0, 0.05) is 12.7 Å². The molecule has 0 heterocycles. The Kier molecular flexibility index (Phi) is 5.68. The molecule has 10 heavy (non-hydrogen) atoms. The van der Waals surface area contributed by atoms with Crippen LogP contribution in [0.1, 0.15) is 6.92 Å². The molecule has 0 aromatic heterocycles. The SMILES string of the molecule is C=C/C(=C\N=C)CNCC. The summed E-state index contributed by atoms with van der Waals surface area (Å²) in [6.07, 6.45) is 3.48. The summed E-state index contributed by atoms with van der Waals surface area (Å²) in [7, 11) is 0. The van der Waals surface area contributed by atoms with Crippen LogP contribution < -0.4 is 5.32 Å². The number of likely N-dealkylation sites (N-methyl/N-ethyl adjacent to an activating group) is 1. The van der Waals surface area contributed by atoms with Crippen LogP contribution in [-0.2, 0) is 0 Å². The summed E-state index contributed by atoms with van der Waals surface area (Å²) >= 11 is 0. The van der Waals surface area contributed by atoms with Crippen molar-refractivity contribution in [2.45, 2.75) is 6.92 Å². The summed E-state index contributed by atoms with van der Waals surface area (Å²) in [5.41, 5.74) is 1.07. The Labute approximate surface area is 62.4 Å². The molecule has 1 N–H and O–H groups in total. The average molecular weight is 138 g/mol. The largest absolute Gasteiger partial charge is 0.313 e. The zero-order valence-corrected chi connectivity index (χ0v) is 6.43. The molecule has 0 aliphatic rings. The molecule has 0 fully saturated rings. The fourth-order valence-electron chi connectivity index (χ4n) is 0.557. The van der Waals surface area contributed by atoms with E-state index in [0.29, 0.717) is 0 Å². The fraction of sp³-hybridized carbons (Fsp3) is 0.375. The Balaban J connectivity index is 3.70. The lowest BCUT2D eigenvalue weighted by molar-refractivity contribution is 0.784. The van der Waals surface area contributed by atoms with E-state index in [2.05, 4.69) is 30.5 Å². The van der Waals surface area contributed by atoms with Gasteiger partial charge in [-0.05, 0) is 18.8 Å². The van der Waals surface area contributed by atoms with E-state index in [1.807, 2.05) is 0 Å². The van der Waals surface area contributed by atoms with Crippen molar-refractivity contribution >= 4 is 6.72 Å². The van der Waals surface area contributed by atoms with Crippen LogP contribution in [0.15, 0.2) is 29.4 Å². The molecule has 0 bridgehead atoms. The minimum absolute atomic E-state index is 0.818. The van der Waals surface area contributed by atoms with Crippen molar-refractivity contribution in [1.82, 2.24) is 5.32 Å². The van der Waals surface area contributed by atoms with Gasteiger partial charge in [-0.15, -0.1) is 0 Å². The molecule has 56 valence electrons. The van der Waals surface area contributed by atoms with Crippen molar-refractivity contribution in [3.63, 3.8) is 0 Å². The van der Waals surface area contributed by atoms with Gasteiger partial charge in [0.15, 0.2) is 0 Å². The molecule has 0 saturated heterocycles. The lowest BCUT2D eigenvalue weighted by atomic mass is 10.3. The first-order valence-electron chi connectivity index (χ1n) is 3.33. The maximum Gasteiger partial charge on any atom is 0.0305 e. The van der Waals surface area contributed by atoms with Crippen LogP contribution in [0.4, 0.5) is 0 Å². The van der Waals surface area contributed by atoms with Crippen LogP contribution in [-0.4, -0.2) is 19.8 Å². The summed E-state index contributed by atoms with van der Waals surface area (Å²) in [6.45, 7) is 10.8. The Hall–Kier alpha value is -0.890. The van der Waals surface area contributed by atoms with E-state index in [-0.39, 0.29) is 0 Å². The molecule has 0 spiro atoms. The molecule has 0 aromatic rings. The quantitative estimate of drug-likeness (QED) is 0.450. The van der Waals surface area contributed by atoms with Gasteiger partial charge in [-0.1, -0.05) is 19.6 Å². The third-order valence-electron chi connectivity index (χ3n) is 1.10. The number of nitrogens with zero attached hydrogens (tertiary/aromatic N) is 1. The van der Waals surface area contributed by atoms with Gasteiger partial charge < -0.3 is 5.32 Å². The minimum Gasteiger partial charge on any atom is -0.313 e. The van der Waals surface area contributed by atoms with Gasteiger partial charge in [0.25, 0.3) is 0 Å². The molecule has 0 aliphatic carbocycles. The standard InChI is InChI=1S/C8H14N2/c1-4-8(6-9-3)7-10-5-2/h4,6,10H,1,3,5,7H2,2H3/b8-6+. The normalized spacial score (nSPS) is 11.1. The summed E-state index contributed by atoms with van der Waals surface area (Å²) in [6, 6.07) is 0. The summed E-state index contributed by atoms with van der Waals surface area (Å²) in [5, 5.41) is 3.16. The first-order chi connectivity index (χ1) is 4.85. The second-order valence-electron chi connectivity index (χ2n) is 1.87. The first-order valence-corrected chi connectivity index (χ1v) is 3.33.